The molecule has 0 saturated carbocycles. The van der Waals surface area contributed by atoms with Crippen LogP contribution in [0.15, 0.2) is 25.3 Å². The van der Waals surface area contributed by atoms with Gasteiger partial charge in [0.25, 0.3) is 0 Å². The molecule has 0 aliphatic heterocycles. The van der Waals surface area contributed by atoms with Crippen LogP contribution in [-0.2, 0) is 13.1 Å². The van der Waals surface area contributed by atoms with Crippen LogP contribution in [-0.4, -0.2) is 67.2 Å². The summed E-state index contributed by atoms with van der Waals surface area (Å²) in [5.74, 6) is 1.65. The lowest BCUT2D eigenvalue weighted by Crippen LogP contribution is -2.12. The van der Waals surface area contributed by atoms with Crippen molar-refractivity contribution in [3.05, 3.63) is 25.3 Å². The molecule has 0 aromatic carbocycles. The van der Waals surface area contributed by atoms with E-state index in [1.165, 1.54) is 0 Å². The topological polar surface area (TPSA) is 93.7 Å². The zero-order valence-electron chi connectivity index (χ0n) is 15.9. The van der Waals surface area contributed by atoms with Crippen molar-refractivity contribution >= 4 is 34.0 Å². The molecule has 4 aromatic rings. The summed E-state index contributed by atoms with van der Waals surface area (Å²) in [6.07, 6.45) is 7.71. The zero-order valence-corrected chi connectivity index (χ0v) is 15.9. The van der Waals surface area contributed by atoms with E-state index < -0.39 is 0 Å². The molecule has 0 unspecified atom stereocenters. The van der Waals surface area contributed by atoms with Crippen LogP contribution in [0.4, 0.5) is 11.6 Å². The molecule has 4 aromatic heterocycles. The minimum absolute atomic E-state index is 0.797. The number of imidazole rings is 2. The Morgan fingerprint density at radius 1 is 0.667 bits per heavy atom. The fraction of sp³-hybridized carbons (Fsp3) is 0.412. The van der Waals surface area contributed by atoms with Gasteiger partial charge in [0.15, 0.2) is 34.0 Å². The fourth-order valence-electron chi connectivity index (χ4n) is 3.13. The van der Waals surface area contributed by atoms with Crippen LogP contribution < -0.4 is 9.80 Å². The van der Waals surface area contributed by atoms with Crippen molar-refractivity contribution in [3.8, 4) is 0 Å². The van der Waals surface area contributed by atoms with Gasteiger partial charge >= 0.3 is 0 Å². The van der Waals surface area contributed by atoms with E-state index in [0.29, 0.717) is 0 Å². The number of rotatable bonds is 6. The van der Waals surface area contributed by atoms with Gasteiger partial charge in [-0.05, 0) is 6.42 Å². The number of hydrogen-bond acceptors (Lipinski definition) is 8. The maximum absolute atomic E-state index is 4.49. The SMILES string of the molecule is CN(C)c1ncnc2c1ncn2CCCn1cnc2c(N(C)C)ncnc21. The Hall–Kier alpha value is -3.30. The molecular formula is C17H22N10. The summed E-state index contributed by atoms with van der Waals surface area (Å²) in [4.78, 5) is 30.3. The third-order valence-electron chi connectivity index (χ3n) is 4.41. The van der Waals surface area contributed by atoms with Gasteiger partial charge in [0.2, 0.25) is 0 Å². The molecule has 0 bridgehead atoms. The van der Waals surface area contributed by atoms with Crippen LogP contribution >= 0.6 is 0 Å². The third-order valence-corrected chi connectivity index (χ3v) is 4.41. The first kappa shape index (κ1) is 17.1. The molecule has 10 heteroatoms. The van der Waals surface area contributed by atoms with E-state index in [2.05, 4.69) is 39.0 Å². The quantitative estimate of drug-likeness (QED) is 0.502. The van der Waals surface area contributed by atoms with Gasteiger partial charge in [-0.1, -0.05) is 0 Å². The first-order valence-electron chi connectivity index (χ1n) is 8.72. The van der Waals surface area contributed by atoms with Gasteiger partial charge < -0.3 is 18.9 Å². The Balaban J connectivity index is 1.53. The molecule has 4 rings (SSSR count). The molecule has 0 saturated heterocycles. The molecule has 4 heterocycles. The lowest BCUT2D eigenvalue weighted by molar-refractivity contribution is 0.575. The molecule has 140 valence electrons. The second kappa shape index (κ2) is 6.78. The zero-order chi connectivity index (χ0) is 19.0. The van der Waals surface area contributed by atoms with Crippen molar-refractivity contribution in [1.29, 1.82) is 0 Å². The molecule has 10 nitrogen and oxygen atoms in total. The Labute approximate surface area is 156 Å². The largest absolute Gasteiger partial charge is 0.361 e. The van der Waals surface area contributed by atoms with Crippen LogP contribution in [0.5, 0.6) is 0 Å². The van der Waals surface area contributed by atoms with Crippen molar-refractivity contribution in [2.75, 3.05) is 38.0 Å². The normalized spacial score (nSPS) is 11.4. The van der Waals surface area contributed by atoms with Crippen molar-refractivity contribution in [2.24, 2.45) is 0 Å². The monoisotopic (exact) mass is 366 g/mol. The highest BCUT2D eigenvalue weighted by Crippen LogP contribution is 2.21. The van der Waals surface area contributed by atoms with Crippen LogP contribution in [0.25, 0.3) is 22.3 Å². The van der Waals surface area contributed by atoms with Crippen LogP contribution in [0.3, 0.4) is 0 Å². The molecule has 27 heavy (non-hydrogen) atoms. The predicted molar refractivity (Wildman–Crippen MR) is 104 cm³/mol. The fourth-order valence-corrected chi connectivity index (χ4v) is 3.13. The molecule has 0 radical (unpaired) electrons. The van der Waals surface area contributed by atoms with E-state index in [1.807, 2.05) is 50.6 Å². The molecule has 0 aliphatic carbocycles. The summed E-state index contributed by atoms with van der Waals surface area (Å²) in [6, 6.07) is 0. The van der Waals surface area contributed by atoms with Crippen LogP contribution in [0, 0.1) is 0 Å². The summed E-state index contributed by atoms with van der Waals surface area (Å²) in [5.41, 5.74) is 3.33. The van der Waals surface area contributed by atoms with Gasteiger partial charge in [-0.3, -0.25) is 0 Å². The molecule has 0 aliphatic rings. The van der Waals surface area contributed by atoms with E-state index in [4.69, 9.17) is 0 Å². The van der Waals surface area contributed by atoms with Crippen LogP contribution in [0.2, 0.25) is 0 Å². The number of aryl methyl sites for hydroxylation is 2. The summed E-state index contributed by atoms with van der Waals surface area (Å²) in [7, 11) is 7.81. The molecule has 0 amide bonds. The summed E-state index contributed by atoms with van der Waals surface area (Å²) >= 11 is 0. The van der Waals surface area contributed by atoms with E-state index in [1.54, 1.807) is 12.7 Å². The Kier molecular flexibility index (Phi) is 4.30. The number of hydrogen-bond donors (Lipinski definition) is 0. The van der Waals surface area contributed by atoms with Gasteiger partial charge in [0.1, 0.15) is 12.7 Å². The minimum Gasteiger partial charge on any atom is -0.361 e. The molecule has 0 spiro atoms. The average molecular weight is 366 g/mol. The smallest absolute Gasteiger partial charge is 0.165 e. The van der Waals surface area contributed by atoms with Crippen molar-refractivity contribution in [1.82, 2.24) is 39.0 Å². The van der Waals surface area contributed by atoms with E-state index >= 15 is 0 Å². The molecule has 0 fully saturated rings. The third kappa shape index (κ3) is 3.03. The maximum Gasteiger partial charge on any atom is 0.165 e. The number of aromatic nitrogens is 8. The summed E-state index contributed by atoms with van der Waals surface area (Å²) in [6.45, 7) is 1.59. The maximum atomic E-state index is 4.49. The van der Waals surface area contributed by atoms with Gasteiger partial charge in [-0.2, -0.15) is 0 Å². The molecule has 0 N–H and O–H groups in total. The summed E-state index contributed by atoms with van der Waals surface area (Å²) in [5, 5.41) is 0. The molecular weight excluding hydrogens is 344 g/mol. The molecule has 0 atom stereocenters. The lowest BCUT2D eigenvalue weighted by atomic mass is 10.4. The van der Waals surface area contributed by atoms with E-state index in [9.17, 15) is 0 Å². The average Bonchev–Trinajstić information content (AvgIpc) is 3.25. The van der Waals surface area contributed by atoms with Crippen molar-refractivity contribution in [3.63, 3.8) is 0 Å². The number of nitrogens with zero attached hydrogens (tertiary/aromatic N) is 10. The number of anilines is 2. The van der Waals surface area contributed by atoms with E-state index in [0.717, 1.165) is 53.5 Å². The first-order chi connectivity index (χ1) is 13.1. The highest BCUT2D eigenvalue weighted by atomic mass is 15.2. The standard InChI is InChI=1S/C17H22N10/c1-24(2)14-12-16(20-8-18-14)26(10-22-12)6-5-7-27-11-23-13-15(25(3)4)19-9-21-17(13)27/h8-11H,5-7H2,1-4H3. The second-order valence-electron chi connectivity index (χ2n) is 6.76. The Morgan fingerprint density at radius 3 is 1.52 bits per heavy atom. The second-order valence-corrected chi connectivity index (χ2v) is 6.76. The highest BCUT2D eigenvalue weighted by molar-refractivity contribution is 5.83. The van der Waals surface area contributed by atoms with Gasteiger partial charge in [0.05, 0.1) is 12.7 Å². The van der Waals surface area contributed by atoms with Gasteiger partial charge in [0, 0.05) is 41.3 Å². The Bertz CT molecular complexity index is 992. The number of fused-ring (bicyclic) bond motifs is 2. The predicted octanol–water partition coefficient (Wildman–Crippen LogP) is 1.19. The van der Waals surface area contributed by atoms with Crippen LogP contribution in [0.1, 0.15) is 6.42 Å². The van der Waals surface area contributed by atoms with Crippen molar-refractivity contribution < 1.29 is 0 Å². The van der Waals surface area contributed by atoms with E-state index in [-0.39, 0.29) is 0 Å². The highest BCUT2D eigenvalue weighted by Gasteiger charge is 2.13. The van der Waals surface area contributed by atoms with Crippen molar-refractivity contribution in [2.45, 2.75) is 19.5 Å². The Morgan fingerprint density at radius 2 is 1.11 bits per heavy atom. The first-order valence-corrected chi connectivity index (χ1v) is 8.72. The lowest BCUT2D eigenvalue weighted by Gasteiger charge is -2.11. The minimum atomic E-state index is 0.797. The van der Waals surface area contributed by atoms with Gasteiger partial charge in [-0.15, -0.1) is 0 Å². The van der Waals surface area contributed by atoms with Gasteiger partial charge in [-0.25, -0.2) is 29.9 Å². The summed E-state index contributed by atoms with van der Waals surface area (Å²) < 4.78 is 4.12.